The molecule has 7 heteroatoms. The lowest BCUT2D eigenvalue weighted by Gasteiger charge is -2.27. The molecule has 3 rings (SSSR count). The third-order valence-corrected chi connectivity index (χ3v) is 6.26. The van der Waals surface area contributed by atoms with E-state index in [1.54, 1.807) is 12.5 Å². The first-order valence-corrected chi connectivity index (χ1v) is 11.6. The summed E-state index contributed by atoms with van der Waals surface area (Å²) in [6, 6.07) is 13.8. The minimum Gasteiger partial charge on any atom is -0.492 e. The number of ether oxygens (including phenoxy) is 2. The van der Waals surface area contributed by atoms with E-state index in [2.05, 4.69) is 18.8 Å². The van der Waals surface area contributed by atoms with Gasteiger partial charge in [-0.2, -0.15) is 0 Å². The number of aliphatic hydroxyl groups is 1. The Morgan fingerprint density at radius 1 is 1.06 bits per heavy atom. The van der Waals surface area contributed by atoms with Gasteiger partial charge in [-0.05, 0) is 35.4 Å². The number of rotatable bonds is 11. The van der Waals surface area contributed by atoms with Crippen LogP contribution in [0.3, 0.4) is 0 Å². The molecule has 2 atom stereocenters. The van der Waals surface area contributed by atoms with Crippen LogP contribution in [0.15, 0.2) is 61.2 Å². The summed E-state index contributed by atoms with van der Waals surface area (Å²) in [5.74, 6) is 2.19. The van der Waals surface area contributed by atoms with E-state index in [4.69, 9.17) is 32.7 Å². The molecular weight excluding hydrogens is 447 g/mol. The maximum absolute atomic E-state index is 10.1. The van der Waals surface area contributed by atoms with Gasteiger partial charge >= 0.3 is 0 Å². The predicted molar refractivity (Wildman–Crippen MR) is 129 cm³/mol. The van der Waals surface area contributed by atoms with Gasteiger partial charge in [-0.25, -0.2) is 4.98 Å². The van der Waals surface area contributed by atoms with E-state index in [1.807, 2.05) is 60.2 Å². The molecule has 0 spiro atoms. The molecule has 2 aromatic carbocycles. The summed E-state index contributed by atoms with van der Waals surface area (Å²) in [6.45, 7) is 7.52. The van der Waals surface area contributed by atoms with Crippen LogP contribution in [0.1, 0.15) is 31.9 Å². The first-order chi connectivity index (χ1) is 15.3. The SMILES string of the molecule is CC(CCl)COc1ccc(C(C)(C)c2ccc(OCC(O)Cn3ccnc3)cc2)cc1Cl. The largest absolute Gasteiger partial charge is 0.492 e. The van der Waals surface area contributed by atoms with Crippen molar-refractivity contribution in [2.24, 2.45) is 5.92 Å². The first-order valence-electron chi connectivity index (χ1n) is 10.7. The second-order valence-electron chi connectivity index (χ2n) is 8.59. The minimum atomic E-state index is -0.615. The Hall–Kier alpha value is -2.21. The number of aromatic nitrogens is 2. The highest BCUT2D eigenvalue weighted by Crippen LogP contribution is 2.36. The summed E-state index contributed by atoms with van der Waals surface area (Å²) in [6.07, 6.45) is 4.55. The molecule has 0 fully saturated rings. The highest BCUT2D eigenvalue weighted by molar-refractivity contribution is 6.32. The average Bonchev–Trinajstić information content (AvgIpc) is 3.29. The summed E-state index contributed by atoms with van der Waals surface area (Å²) in [5, 5.41) is 10.7. The minimum absolute atomic E-state index is 0.209. The fourth-order valence-corrected chi connectivity index (χ4v) is 3.63. The Morgan fingerprint density at radius 3 is 2.41 bits per heavy atom. The molecule has 0 saturated carbocycles. The van der Waals surface area contributed by atoms with E-state index in [9.17, 15) is 5.11 Å². The lowest BCUT2D eigenvalue weighted by atomic mass is 9.78. The number of aliphatic hydroxyl groups excluding tert-OH is 1. The second-order valence-corrected chi connectivity index (χ2v) is 9.31. The van der Waals surface area contributed by atoms with E-state index in [0.29, 0.717) is 35.6 Å². The molecule has 1 N–H and O–H groups in total. The Kier molecular flexibility index (Phi) is 8.46. The highest BCUT2D eigenvalue weighted by atomic mass is 35.5. The monoisotopic (exact) mass is 476 g/mol. The van der Waals surface area contributed by atoms with Crippen LogP contribution in [-0.2, 0) is 12.0 Å². The molecule has 0 aliphatic heterocycles. The van der Waals surface area contributed by atoms with Crippen LogP contribution in [0, 0.1) is 5.92 Å². The number of nitrogens with zero attached hydrogens (tertiary/aromatic N) is 2. The van der Waals surface area contributed by atoms with Gasteiger partial charge < -0.3 is 19.1 Å². The Bertz CT molecular complexity index is 975. The van der Waals surface area contributed by atoms with E-state index in [1.165, 1.54) is 0 Å². The molecule has 1 heterocycles. The van der Waals surface area contributed by atoms with Crippen LogP contribution in [0.5, 0.6) is 11.5 Å². The molecule has 3 aromatic rings. The van der Waals surface area contributed by atoms with Crippen molar-refractivity contribution in [3.63, 3.8) is 0 Å². The van der Waals surface area contributed by atoms with E-state index < -0.39 is 6.10 Å². The number of hydrogen-bond donors (Lipinski definition) is 1. The zero-order valence-corrected chi connectivity index (χ0v) is 20.2. The number of benzene rings is 2. The first kappa shape index (κ1) is 24.4. The van der Waals surface area contributed by atoms with Crippen LogP contribution in [0.4, 0.5) is 0 Å². The standard InChI is InChI=1S/C25H30Cl2N2O3/c1-18(13-26)15-32-24-9-6-20(12-23(24)27)25(2,3)19-4-7-22(8-5-19)31-16-21(30)14-29-11-10-28-17-29/h4-12,17-18,21,30H,13-16H2,1-3H3. The summed E-state index contributed by atoms with van der Waals surface area (Å²) < 4.78 is 13.4. The van der Waals surface area contributed by atoms with Gasteiger partial charge in [0.05, 0.1) is 24.5 Å². The average molecular weight is 477 g/mol. The molecule has 0 aliphatic carbocycles. The van der Waals surface area contributed by atoms with E-state index in [-0.39, 0.29) is 17.9 Å². The molecule has 0 saturated heterocycles. The lowest BCUT2D eigenvalue weighted by molar-refractivity contribution is 0.0924. The van der Waals surface area contributed by atoms with Crippen LogP contribution in [0.2, 0.25) is 5.02 Å². The molecule has 0 amide bonds. The van der Waals surface area contributed by atoms with Gasteiger partial charge in [-0.1, -0.05) is 50.6 Å². The maximum atomic E-state index is 10.1. The quantitative estimate of drug-likeness (QED) is 0.368. The fourth-order valence-electron chi connectivity index (χ4n) is 3.30. The number of imidazole rings is 1. The Balaban J connectivity index is 1.62. The summed E-state index contributed by atoms with van der Waals surface area (Å²) in [4.78, 5) is 3.97. The normalized spacial score (nSPS) is 13.6. The Morgan fingerprint density at radius 2 is 1.78 bits per heavy atom. The molecule has 0 bridgehead atoms. The van der Waals surface area contributed by atoms with Crippen molar-refractivity contribution in [1.29, 1.82) is 0 Å². The fraction of sp³-hybridized carbons (Fsp3) is 0.400. The van der Waals surface area contributed by atoms with Crippen molar-refractivity contribution < 1.29 is 14.6 Å². The van der Waals surface area contributed by atoms with Gasteiger partial charge in [0.2, 0.25) is 0 Å². The number of alkyl halides is 1. The summed E-state index contributed by atoms with van der Waals surface area (Å²) >= 11 is 12.3. The van der Waals surface area contributed by atoms with Gasteiger partial charge in [-0.15, -0.1) is 11.6 Å². The zero-order chi connectivity index (χ0) is 23.1. The van der Waals surface area contributed by atoms with Gasteiger partial charge in [0, 0.05) is 29.6 Å². The van der Waals surface area contributed by atoms with Gasteiger partial charge in [0.1, 0.15) is 24.2 Å². The van der Waals surface area contributed by atoms with E-state index in [0.717, 1.165) is 11.1 Å². The van der Waals surface area contributed by atoms with Crippen LogP contribution in [0.25, 0.3) is 0 Å². The van der Waals surface area contributed by atoms with E-state index >= 15 is 0 Å². The molecule has 32 heavy (non-hydrogen) atoms. The molecule has 172 valence electrons. The van der Waals surface area contributed by atoms with Gasteiger partial charge in [0.15, 0.2) is 0 Å². The third kappa shape index (κ3) is 6.41. The number of halogens is 2. The molecule has 0 radical (unpaired) electrons. The number of hydrogen-bond acceptors (Lipinski definition) is 4. The van der Waals surface area contributed by atoms with Crippen molar-refractivity contribution in [2.45, 2.75) is 38.8 Å². The Labute approximate surface area is 199 Å². The summed E-state index contributed by atoms with van der Waals surface area (Å²) in [7, 11) is 0. The topological polar surface area (TPSA) is 56.5 Å². The maximum Gasteiger partial charge on any atom is 0.137 e. The highest BCUT2D eigenvalue weighted by Gasteiger charge is 2.24. The van der Waals surface area contributed by atoms with Crippen molar-refractivity contribution in [2.75, 3.05) is 19.1 Å². The van der Waals surface area contributed by atoms with Crippen molar-refractivity contribution in [3.8, 4) is 11.5 Å². The zero-order valence-electron chi connectivity index (χ0n) is 18.7. The molecular formula is C25H30Cl2N2O3. The summed E-state index contributed by atoms with van der Waals surface area (Å²) in [5.41, 5.74) is 1.96. The predicted octanol–water partition coefficient (Wildman–Crippen LogP) is 5.56. The van der Waals surface area contributed by atoms with Gasteiger partial charge in [0.25, 0.3) is 0 Å². The molecule has 1 aromatic heterocycles. The third-order valence-electron chi connectivity index (χ3n) is 5.44. The lowest BCUT2D eigenvalue weighted by Crippen LogP contribution is -2.23. The van der Waals surface area contributed by atoms with Crippen molar-refractivity contribution in [3.05, 3.63) is 77.3 Å². The van der Waals surface area contributed by atoms with Crippen molar-refractivity contribution >= 4 is 23.2 Å². The second kappa shape index (κ2) is 11.1. The molecule has 5 nitrogen and oxygen atoms in total. The molecule has 0 aliphatic rings. The van der Waals surface area contributed by atoms with Crippen molar-refractivity contribution in [1.82, 2.24) is 9.55 Å². The van der Waals surface area contributed by atoms with Crippen LogP contribution in [-0.4, -0.2) is 39.9 Å². The van der Waals surface area contributed by atoms with Crippen LogP contribution < -0.4 is 9.47 Å². The van der Waals surface area contributed by atoms with Gasteiger partial charge in [-0.3, -0.25) is 0 Å². The van der Waals surface area contributed by atoms with Crippen LogP contribution >= 0.6 is 23.2 Å². The molecule has 2 unspecified atom stereocenters. The smallest absolute Gasteiger partial charge is 0.137 e.